The van der Waals surface area contributed by atoms with Crippen molar-refractivity contribution in [2.45, 2.75) is 0 Å². The first-order valence-electron chi connectivity index (χ1n) is 5.67. The smallest absolute Gasteiger partial charge is 0.118 e. The minimum Gasteiger partial charge on any atom is -0.544 e. The van der Waals surface area contributed by atoms with Crippen LogP contribution >= 0.6 is 0 Å². The molecule has 1 heterocycles. The fourth-order valence-electron chi connectivity index (χ4n) is 1.41. The van der Waals surface area contributed by atoms with Gasteiger partial charge < -0.3 is 14.4 Å². The van der Waals surface area contributed by atoms with Gasteiger partial charge in [0.25, 0.3) is 0 Å². The number of likely N-dealkylation sites (N-methyl/N-ethyl adjacent to an activating group) is 1. The maximum absolute atomic E-state index is 9.89. The van der Waals surface area contributed by atoms with Gasteiger partial charge in [-0.2, -0.15) is 0 Å². The van der Waals surface area contributed by atoms with Crippen molar-refractivity contribution >= 4 is 16.7 Å². The molecule has 96 valence electrons. The molecule has 18 heavy (non-hydrogen) atoms. The maximum Gasteiger partial charge on any atom is 0.118 e. The van der Waals surface area contributed by atoms with Crippen molar-refractivity contribution < 1.29 is 14.4 Å². The lowest BCUT2D eigenvalue weighted by Gasteiger charge is -2.23. The molecule has 0 saturated heterocycles. The molecule has 0 bridgehead atoms. The van der Waals surface area contributed by atoms with E-state index in [1.54, 1.807) is 21.1 Å². The number of rotatable bonds is 2. The Kier molecular flexibility index (Phi) is 4.80. The predicted octanol–water partition coefficient (Wildman–Crippen LogP) is 0.677. The molecule has 4 nitrogen and oxygen atoms in total. The number of aliphatic carboxylic acids is 1. The molecule has 0 aliphatic carbocycles. The molecule has 0 N–H and O–H groups in total. The van der Waals surface area contributed by atoms with E-state index in [2.05, 4.69) is 17.1 Å². The lowest BCUT2D eigenvalue weighted by Crippen LogP contribution is -2.45. The minimum absolute atomic E-state index is 0.0694. The molecular weight excluding hydrogens is 228 g/mol. The zero-order valence-corrected chi connectivity index (χ0v) is 11.0. The molecule has 0 aliphatic heterocycles. The molecule has 0 unspecified atom stereocenters. The van der Waals surface area contributed by atoms with Crippen molar-refractivity contribution in [3.63, 3.8) is 0 Å². The van der Waals surface area contributed by atoms with E-state index in [-0.39, 0.29) is 6.54 Å². The molecule has 0 radical (unpaired) electrons. The Morgan fingerprint density at radius 1 is 1.17 bits per heavy atom. The number of carbonyl (C=O) groups is 1. The number of pyridine rings is 1. The molecule has 2 rings (SSSR count). The first kappa shape index (κ1) is 14.1. The highest BCUT2D eigenvalue weighted by atomic mass is 16.4. The normalized spacial score (nSPS) is 10.6. The third-order valence-electron chi connectivity index (χ3n) is 2.15. The molecule has 1 aromatic heterocycles. The molecule has 0 aliphatic rings. The summed E-state index contributed by atoms with van der Waals surface area (Å²) in [5.41, 5.74) is 0. The van der Waals surface area contributed by atoms with Gasteiger partial charge in [-0.15, -0.1) is 0 Å². The topological polar surface area (TPSA) is 53.0 Å². The highest BCUT2D eigenvalue weighted by Gasteiger charge is 2.04. The average Bonchev–Trinajstić information content (AvgIpc) is 2.27. The van der Waals surface area contributed by atoms with E-state index in [0.717, 1.165) is 0 Å². The Bertz CT molecular complexity index is 453. The Morgan fingerprint density at radius 2 is 1.78 bits per heavy atom. The fraction of sp³-hybridized carbons (Fsp3) is 0.286. The molecule has 0 spiro atoms. The van der Waals surface area contributed by atoms with E-state index < -0.39 is 5.97 Å². The third kappa shape index (κ3) is 5.41. The summed E-state index contributed by atoms with van der Waals surface area (Å²) >= 11 is 0. The maximum atomic E-state index is 9.89. The van der Waals surface area contributed by atoms with Crippen molar-refractivity contribution in [1.82, 2.24) is 4.98 Å². The van der Waals surface area contributed by atoms with Gasteiger partial charge in [-0.05, 0) is 16.8 Å². The zero-order chi connectivity index (χ0) is 13.6. The van der Waals surface area contributed by atoms with Crippen LogP contribution in [0, 0.1) is 0 Å². The van der Waals surface area contributed by atoms with Crippen LogP contribution in [-0.4, -0.2) is 43.1 Å². The van der Waals surface area contributed by atoms with Crippen LogP contribution in [0.4, 0.5) is 0 Å². The van der Waals surface area contributed by atoms with Crippen molar-refractivity contribution in [2.75, 3.05) is 27.7 Å². The molecule has 4 heteroatoms. The van der Waals surface area contributed by atoms with Gasteiger partial charge in [-0.3, -0.25) is 4.98 Å². The highest BCUT2D eigenvalue weighted by molar-refractivity contribution is 5.80. The predicted molar refractivity (Wildman–Crippen MR) is 69.6 cm³/mol. The van der Waals surface area contributed by atoms with E-state index in [1.807, 2.05) is 30.6 Å². The molecule has 0 saturated carbocycles. The van der Waals surface area contributed by atoms with Crippen molar-refractivity contribution in [1.29, 1.82) is 0 Å². The second-order valence-electron chi connectivity index (χ2n) is 5.04. The molecule has 0 atom stereocenters. The van der Waals surface area contributed by atoms with Gasteiger partial charge in [0.15, 0.2) is 0 Å². The first-order valence-corrected chi connectivity index (χ1v) is 5.67. The van der Waals surface area contributed by atoms with Crippen LogP contribution in [0.2, 0.25) is 0 Å². The van der Waals surface area contributed by atoms with E-state index in [9.17, 15) is 9.90 Å². The van der Waals surface area contributed by atoms with Crippen LogP contribution in [0.5, 0.6) is 0 Å². The number of nitrogens with zero attached hydrogens (tertiary/aromatic N) is 2. The molecular formula is C14H18N2O2. The van der Waals surface area contributed by atoms with Crippen molar-refractivity contribution in [3.05, 3.63) is 42.7 Å². The lowest BCUT2D eigenvalue weighted by molar-refractivity contribution is -0.864. The van der Waals surface area contributed by atoms with E-state index in [0.29, 0.717) is 4.48 Å². The summed E-state index contributed by atoms with van der Waals surface area (Å²) in [4.78, 5) is 13.9. The van der Waals surface area contributed by atoms with Crippen LogP contribution in [-0.2, 0) is 4.79 Å². The van der Waals surface area contributed by atoms with Crippen LogP contribution in [0.1, 0.15) is 0 Å². The van der Waals surface area contributed by atoms with E-state index in [1.165, 1.54) is 10.8 Å². The second kappa shape index (κ2) is 6.12. The van der Waals surface area contributed by atoms with Gasteiger partial charge in [0.05, 0.1) is 27.1 Å². The first-order chi connectivity index (χ1) is 8.38. The summed E-state index contributed by atoms with van der Waals surface area (Å²) in [6, 6.07) is 10.2. The highest BCUT2D eigenvalue weighted by Crippen LogP contribution is 2.09. The zero-order valence-electron chi connectivity index (χ0n) is 11.0. The summed E-state index contributed by atoms with van der Waals surface area (Å²) in [7, 11) is 5.40. The van der Waals surface area contributed by atoms with Gasteiger partial charge in [0, 0.05) is 12.4 Å². The molecule has 1 aromatic carbocycles. The minimum atomic E-state index is -1.00. The summed E-state index contributed by atoms with van der Waals surface area (Å²) in [6.45, 7) is 0.0694. The lowest BCUT2D eigenvalue weighted by atomic mass is 10.2. The van der Waals surface area contributed by atoms with Gasteiger partial charge in [0.2, 0.25) is 0 Å². The summed E-state index contributed by atoms with van der Waals surface area (Å²) in [6.07, 6.45) is 3.68. The van der Waals surface area contributed by atoms with Crippen LogP contribution < -0.4 is 5.11 Å². The molecule has 0 fully saturated rings. The number of aromatic nitrogens is 1. The Balaban J connectivity index is 0.000000187. The monoisotopic (exact) mass is 246 g/mol. The quantitative estimate of drug-likeness (QED) is 0.732. The van der Waals surface area contributed by atoms with Gasteiger partial charge >= 0.3 is 0 Å². The van der Waals surface area contributed by atoms with Crippen molar-refractivity contribution in [3.8, 4) is 0 Å². The number of hydrogen-bond donors (Lipinski definition) is 0. The standard InChI is InChI=1S/C9H7N.C5H11NO2/c1-2-4-9-7-10-6-5-8(9)3-1;1-6(2,3)4-5(7)8/h1-7H;4H2,1-3H3. The third-order valence-corrected chi connectivity index (χ3v) is 2.15. The Labute approximate surface area is 107 Å². The van der Waals surface area contributed by atoms with E-state index >= 15 is 0 Å². The summed E-state index contributed by atoms with van der Waals surface area (Å²) in [5, 5.41) is 12.3. The number of fused-ring (bicyclic) bond motifs is 1. The SMILES string of the molecule is C[N+](C)(C)CC(=O)[O-].c1ccc2cnccc2c1. The number of carboxylic acids is 1. The largest absolute Gasteiger partial charge is 0.544 e. The van der Waals surface area contributed by atoms with Crippen LogP contribution in [0.25, 0.3) is 10.8 Å². The Morgan fingerprint density at radius 3 is 2.22 bits per heavy atom. The molecule has 0 amide bonds. The average molecular weight is 246 g/mol. The van der Waals surface area contributed by atoms with Gasteiger partial charge in [-0.1, -0.05) is 24.3 Å². The summed E-state index contributed by atoms with van der Waals surface area (Å²) in [5.74, 6) is -1.00. The van der Waals surface area contributed by atoms with Gasteiger partial charge in [-0.25, -0.2) is 0 Å². The van der Waals surface area contributed by atoms with Crippen LogP contribution in [0.3, 0.4) is 0 Å². The van der Waals surface area contributed by atoms with E-state index in [4.69, 9.17) is 0 Å². The number of benzene rings is 1. The number of carbonyl (C=O) groups excluding carboxylic acids is 1. The summed E-state index contributed by atoms with van der Waals surface area (Å²) < 4.78 is 0.419. The number of hydrogen-bond acceptors (Lipinski definition) is 3. The van der Waals surface area contributed by atoms with Gasteiger partial charge in [0.1, 0.15) is 6.54 Å². The second-order valence-corrected chi connectivity index (χ2v) is 5.04. The molecule has 2 aromatic rings. The van der Waals surface area contributed by atoms with Crippen LogP contribution in [0.15, 0.2) is 42.7 Å². The van der Waals surface area contributed by atoms with Crippen molar-refractivity contribution in [2.24, 2.45) is 0 Å². The fourth-order valence-corrected chi connectivity index (χ4v) is 1.41. The number of quaternary nitrogens is 1. The Hall–Kier alpha value is -1.94. The number of carboxylic acid groups (broad SMARTS) is 1.